The number of benzene rings is 2. The lowest BCUT2D eigenvalue weighted by molar-refractivity contribution is -0.113. The molecule has 1 heterocycles. The number of nitrogens with zero attached hydrogens (tertiary/aromatic N) is 2. The molecule has 1 N–H and O–H groups in total. The first kappa shape index (κ1) is 18.6. The molecule has 0 spiro atoms. The van der Waals surface area contributed by atoms with Gasteiger partial charge < -0.3 is 5.32 Å². The largest absolute Gasteiger partial charge is 0.325 e. The fourth-order valence-electron chi connectivity index (χ4n) is 1.99. The molecule has 0 aliphatic rings. The van der Waals surface area contributed by atoms with Crippen LogP contribution in [-0.2, 0) is 4.79 Å². The normalized spacial score (nSPS) is 10.5. The Morgan fingerprint density at radius 1 is 0.846 bits per heavy atom. The summed E-state index contributed by atoms with van der Waals surface area (Å²) in [5.41, 5.74) is 1.46. The van der Waals surface area contributed by atoms with E-state index in [9.17, 15) is 9.59 Å². The van der Waals surface area contributed by atoms with Crippen LogP contribution in [0, 0.1) is 0 Å². The average molecular weight is 402 g/mol. The summed E-state index contributed by atoms with van der Waals surface area (Å²) >= 11 is 4.09. The SMILES string of the molecule is O=C(CSc1nnc(SCC(=O)c2ccccc2)s1)Nc1ccccc1. The zero-order valence-corrected chi connectivity index (χ0v) is 16.1. The van der Waals surface area contributed by atoms with E-state index in [1.807, 2.05) is 48.5 Å². The van der Waals surface area contributed by atoms with Gasteiger partial charge in [0.1, 0.15) is 0 Å². The van der Waals surface area contributed by atoms with Gasteiger partial charge in [-0.05, 0) is 12.1 Å². The Bertz CT molecular complexity index is 870. The van der Waals surface area contributed by atoms with E-state index in [1.165, 1.54) is 34.9 Å². The van der Waals surface area contributed by atoms with Gasteiger partial charge >= 0.3 is 0 Å². The molecule has 2 aromatic carbocycles. The number of nitrogens with one attached hydrogen (secondary N) is 1. The van der Waals surface area contributed by atoms with E-state index >= 15 is 0 Å². The van der Waals surface area contributed by atoms with E-state index in [2.05, 4.69) is 15.5 Å². The first-order chi connectivity index (χ1) is 12.7. The summed E-state index contributed by atoms with van der Waals surface area (Å²) < 4.78 is 1.43. The predicted octanol–water partition coefficient (Wildman–Crippen LogP) is 4.24. The number of Topliss-reactive ketones (excluding diaryl/α,β-unsaturated/α-hetero) is 1. The third-order valence-corrected chi connectivity index (χ3v) is 6.38. The highest BCUT2D eigenvalue weighted by molar-refractivity contribution is 8.03. The van der Waals surface area contributed by atoms with Crippen molar-refractivity contribution >= 4 is 52.2 Å². The van der Waals surface area contributed by atoms with Crippen molar-refractivity contribution in [3.8, 4) is 0 Å². The van der Waals surface area contributed by atoms with E-state index in [4.69, 9.17) is 0 Å². The number of thioether (sulfide) groups is 2. The van der Waals surface area contributed by atoms with Crippen LogP contribution in [0.1, 0.15) is 10.4 Å². The molecule has 26 heavy (non-hydrogen) atoms. The van der Waals surface area contributed by atoms with Gasteiger partial charge in [0.05, 0.1) is 11.5 Å². The minimum atomic E-state index is -0.0927. The van der Waals surface area contributed by atoms with Gasteiger partial charge in [0.25, 0.3) is 0 Å². The van der Waals surface area contributed by atoms with E-state index in [1.54, 1.807) is 12.1 Å². The quantitative estimate of drug-likeness (QED) is 0.449. The van der Waals surface area contributed by atoms with Gasteiger partial charge in [0.2, 0.25) is 5.91 Å². The highest BCUT2D eigenvalue weighted by Gasteiger charge is 2.11. The molecule has 1 aromatic heterocycles. The molecule has 132 valence electrons. The number of amides is 1. The van der Waals surface area contributed by atoms with Gasteiger partial charge in [0, 0.05) is 11.3 Å². The Morgan fingerprint density at radius 2 is 1.42 bits per heavy atom. The van der Waals surface area contributed by atoms with Crippen LogP contribution >= 0.6 is 34.9 Å². The van der Waals surface area contributed by atoms with Crippen LogP contribution in [0.15, 0.2) is 69.3 Å². The molecule has 0 aliphatic carbocycles. The number of para-hydroxylation sites is 1. The molecule has 0 saturated heterocycles. The van der Waals surface area contributed by atoms with Crippen LogP contribution in [0.5, 0.6) is 0 Å². The average Bonchev–Trinajstić information content (AvgIpc) is 3.14. The van der Waals surface area contributed by atoms with Crippen molar-refractivity contribution in [3.05, 3.63) is 66.2 Å². The minimum Gasteiger partial charge on any atom is -0.325 e. The zero-order valence-electron chi connectivity index (χ0n) is 13.6. The number of rotatable bonds is 8. The van der Waals surface area contributed by atoms with Crippen molar-refractivity contribution < 1.29 is 9.59 Å². The molecular formula is C18H15N3O2S3. The van der Waals surface area contributed by atoms with Crippen LogP contribution in [0.3, 0.4) is 0 Å². The molecule has 8 heteroatoms. The number of aromatic nitrogens is 2. The van der Waals surface area contributed by atoms with Gasteiger partial charge in [-0.25, -0.2) is 0 Å². The molecule has 0 atom stereocenters. The maximum atomic E-state index is 12.1. The van der Waals surface area contributed by atoms with Crippen LogP contribution in [-0.4, -0.2) is 33.4 Å². The highest BCUT2D eigenvalue weighted by Crippen LogP contribution is 2.29. The summed E-state index contributed by atoms with van der Waals surface area (Å²) in [5, 5.41) is 11.0. The fraction of sp³-hybridized carbons (Fsp3) is 0.111. The van der Waals surface area contributed by atoms with Gasteiger partial charge in [-0.2, -0.15) is 0 Å². The van der Waals surface area contributed by atoms with Gasteiger partial charge in [-0.3, -0.25) is 9.59 Å². The maximum absolute atomic E-state index is 12.1. The van der Waals surface area contributed by atoms with E-state index in [-0.39, 0.29) is 17.4 Å². The third kappa shape index (κ3) is 5.69. The Morgan fingerprint density at radius 3 is 2.08 bits per heavy atom. The highest BCUT2D eigenvalue weighted by atomic mass is 32.2. The number of carbonyl (C=O) groups excluding carboxylic acids is 2. The van der Waals surface area contributed by atoms with Crippen LogP contribution < -0.4 is 5.32 Å². The van der Waals surface area contributed by atoms with Crippen LogP contribution in [0.25, 0.3) is 0 Å². The Labute approximate surface area is 163 Å². The molecule has 0 unspecified atom stereocenters. The number of hydrogen-bond acceptors (Lipinski definition) is 7. The Balaban J connectivity index is 1.44. The summed E-state index contributed by atoms with van der Waals surface area (Å²) in [6.45, 7) is 0. The van der Waals surface area contributed by atoms with Crippen molar-refractivity contribution in [2.24, 2.45) is 0 Å². The number of ketones is 1. The van der Waals surface area contributed by atoms with Gasteiger partial charge in [-0.1, -0.05) is 83.4 Å². The second-order valence-corrected chi connectivity index (χ2v) is 8.54. The molecule has 0 fully saturated rings. The number of hydrogen-bond donors (Lipinski definition) is 1. The molecule has 3 aromatic rings. The summed E-state index contributed by atoms with van der Waals surface area (Å²) in [6, 6.07) is 18.5. The third-order valence-electron chi connectivity index (χ3n) is 3.19. The van der Waals surface area contributed by atoms with E-state index in [0.717, 1.165) is 10.0 Å². The number of anilines is 1. The summed E-state index contributed by atoms with van der Waals surface area (Å²) in [4.78, 5) is 24.0. The Kier molecular flexibility index (Phi) is 6.82. The first-order valence-electron chi connectivity index (χ1n) is 7.73. The summed E-state index contributed by atoms with van der Waals surface area (Å²) in [5.74, 6) is 0.543. The summed E-state index contributed by atoms with van der Waals surface area (Å²) in [7, 11) is 0. The van der Waals surface area contributed by atoms with Crippen molar-refractivity contribution in [3.63, 3.8) is 0 Å². The molecule has 5 nitrogen and oxygen atoms in total. The van der Waals surface area contributed by atoms with Gasteiger partial charge in [0.15, 0.2) is 14.5 Å². The van der Waals surface area contributed by atoms with Crippen LogP contribution in [0.2, 0.25) is 0 Å². The predicted molar refractivity (Wildman–Crippen MR) is 107 cm³/mol. The molecule has 0 radical (unpaired) electrons. The lowest BCUT2D eigenvalue weighted by Crippen LogP contribution is -2.13. The van der Waals surface area contributed by atoms with Crippen molar-refractivity contribution in [2.45, 2.75) is 8.68 Å². The van der Waals surface area contributed by atoms with Gasteiger partial charge in [-0.15, -0.1) is 10.2 Å². The molecular weight excluding hydrogens is 386 g/mol. The lowest BCUT2D eigenvalue weighted by Gasteiger charge is -2.02. The molecule has 3 rings (SSSR count). The smallest absolute Gasteiger partial charge is 0.234 e. The summed E-state index contributed by atoms with van der Waals surface area (Å²) in [6.07, 6.45) is 0. The van der Waals surface area contributed by atoms with Crippen LogP contribution in [0.4, 0.5) is 5.69 Å². The molecule has 0 aliphatic heterocycles. The first-order valence-corrected chi connectivity index (χ1v) is 10.5. The number of carbonyl (C=O) groups is 2. The Hall–Kier alpha value is -2.16. The van der Waals surface area contributed by atoms with Crippen molar-refractivity contribution in [1.29, 1.82) is 0 Å². The fourth-order valence-corrected chi connectivity index (χ4v) is 4.71. The van der Waals surface area contributed by atoms with Crippen molar-refractivity contribution in [1.82, 2.24) is 10.2 Å². The zero-order chi connectivity index (χ0) is 18.2. The molecule has 1 amide bonds. The maximum Gasteiger partial charge on any atom is 0.234 e. The topological polar surface area (TPSA) is 72.0 Å². The van der Waals surface area contributed by atoms with E-state index < -0.39 is 0 Å². The lowest BCUT2D eigenvalue weighted by atomic mass is 10.2. The second-order valence-electron chi connectivity index (χ2n) is 5.11. The molecule has 0 bridgehead atoms. The molecule has 0 saturated carbocycles. The minimum absolute atomic E-state index is 0.0576. The second kappa shape index (κ2) is 9.51. The standard InChI is InChI=1S/C18H15N3O2S3/c22-15(13-7-3-1-4-8-13)11-24-17-20-21-18(26-17)25-12-16(23)19-14-9-5-2-6-10-14/h1-10H,11-12H2,(H,19,23). The van der Waals surface area contributed by atoms with Crippen molar-refractivity contribution in [2.75, 3.05) is 16.8 Å². The monoisotopic (exact) mass is 401 g/mol. The van der Waals surface area contributed by atoms with E-state index in [0.29, 0.717) is 15.7 Å².